The van der Waals surface area contributed by atoms with Gasteiger partial charge in [0.1, 0.15) is 6.54 Å². The molecule has 0 radical (unpaired) electrons. The standard InChI is InChI=1S/C7H13N3O.HI/c1-3-4-9-7(11)5-10-6(2)8;/h3H,1,4-5H2,2H3,(H2,8,10)(H,9,11);1H. The van der Waals surface area contributed by atoms with Crippen LogP contribution in [0.25, 0.3) is 0 Å². The molecule has 0 aromatic heterocycles. The van der Waals surface area contributed by atoms with Crippen molar-refractivity contribution in [1.82, 2.24) is 5.32 Å². The lowest BCUT2D eigenvalue weighted by molar-refractivity contribution is -0.119. The van der Waals surface area contributed by atoms with Crippen LogP contribution >= 0.6 is 24.0 Å². The van der Waals surface area contributed by atoms with E-state index < -0.39 is 0 Å². The molecular weight excluding hydrogens is 269 g/mol. The minimum Gasteiger partial charge on any atom is -0.388 e. The van der Waals surface area contributed by atoms with Crippen LogP contribution in [0.1, 0.15) is 6.92 Å². The third-order valence-electron chi connectivity index (χ3n) is 0.916. The van der Waals surface area contributed by atoms with Gasteiger partial charge in [0, 0.05) is 6.54 Å². The van der Waals surface area contributed by atoms with Gasteiger partial charge in [0.2, 0.25) is 5.91 Å². The molecule has 0 fully saturated rings. The lowest BCUT2D eigenvalue weighted by Gasteiger charge is -1.97. The van der Waals surface area contributed by atoms with Crippen molar-refractivity contribution in [3.63, 3.8) is 0 Å². The van der Waals surface area contributed by atoms with Gasteiger partial charge >= 0.3 is 0 Å². The number of hydrogen-bond donors (Lipinski definition) is 2. The Bertz CT molecular complexity index is 175. The predicted octanol–water partition coefficient (Wildman–Crippen LogP) is 0.284. The maximum absolute atomic E-state index is 10.8. The van der Waals surface area contributed by atoms with Gasteiger partial charge in [0.25, 0.3) is 0 Å². The fourth-order valence-corrected chi connectivity index (χ4v) is 0.438. The zero-order chi connectivity index (χ0) is 8.69. The summed E-state index contributed by atoms with van der Waals surface area (Å²) >= 11 is 0. The minimum atomic E-state index is -0.144. The number of hydrogen-bond acceptors (Lipinski definition) is 2. The van der Waals surface area contributed by atoms with Crippen LogP contribution in [0.2, 0.25) is 0 Å². The van der Waals surface area contributed by atoms with E-state index in [-0.39, 0.29) is 36.4 Å². The Labute approximate surface area is 89.3 Å². The van der Waals surface area contributed by atoms with Gasteiger partial charge in [-0.2, -0.15) is 0 Å². The van der Waals surface area contributed by atoms with Crippen LogP contribution < -0.4 is 11.1 Å². The molecule has 70 valence electrons. The molecule has 0 bridgehead atoms. The molecule has 0 heterocycles. The van der Waals surface area contributed by atoms with E-state index in [2.05, 4.69) is 16.9 Å². The van der Waals surface area contributed by atoms with Gasteiger partial charge in [0.05, 0.1) is 5.84 Å². The maximum atomic E-state index is 10.8. The first kappa shape index (κ1) is 14.0. The fraction of sp³-hybridized carbons (Fsp3) is 0.429. The Balaban J connectivity index is 0. The molecule has 0 unspecified atom stereocenters. The molecule has 5 heteroatoms. The third-order valence-corrected chi connectivity index (χ3v) is 0.916. The molecule has 1 amide bonds. The highest BCUT2D eigenvalue weighted by atomic mass is 127. The summed E-state index contributed by atoms with van der Waals surface area (Å²) < 4.78 is 0. The van der Waals surface area contributed by atoms with E-state index in [9.17, 15) is 4.79 Å². The molecule has 0 aliphatic rings. The minimum absolute atomic E-state index is 0. The highest BCUT2D eigenvalue weighted by Crippen LogP contribution is 1.72. The Morgan fingerprint density at radius 2 is 2.33 bits per heavy atom. The molecule has 3 N–H and O–H groups in total. The zero-order valence-electron chi connectivity index (χ0n) is 7.04. The SMILES string of the molecule is C=CCNC(=O)CN=C(C)N.I. The molecule has 4 nitrogen and oxygen atoms in total. The molecule has 0 spiro atoms. The Hall–Kier alpha value is -0.590. The van der Waals surface area contributed by atoms with Gasteiger partial charge in [0.15, 0.2) is 0 Å². The monoisotopic (exact) mass is 283 g/mol. The summed E-state index contributed by atoms with van der Waals surface area (Å²) in [5, 5.41) is 2.57. The number of aliphatic imine (C=N–C) groups is 1. The number of amidine groups is 1. The lowest BCUT2D eigenvalue weighted by Crippen LogP contribution is -2.26. The summed E-state index contributed by atoms with van der Waals surface area (Å²) in [5.74, 6) is 0.272. The van der Waals surface area contributed by atoms with Crippen molar-refractivity contribution in [2.24, 2.45) is 10.7 Å². The highest BCUT2D eigenvalue weighted by Gasteiger charge is 1.94. The van der Waals surface area contributed by atoms with Crippen molar-refractivity contribution in [2.75, 3.05) is 13.1 Å². The van der Waals surface area contributed by atoms with Crippen molar-refractivity contribution in [3.05, 3.63) is 12.7 Å². The van der Waals surface area contributed by atoms with Crippen LogP contribution in [0, 0.1) is 0 Å². The molecular formula is C7H14IN3O. The average Bonchev–Trinajstić information content (AvgIpc) is 1.97. The van der Waals surface area contributed by atoms with Crippen LogP contribution in [-0.4, -0.2) is 24.8 Å². The summed E-state index contributed by atoms with van der Waals surface area (Å²) in [7, 11) is 0. The molecule has 0 aliphatic heterocycles. The molecule has 0 saturated carbocycles. The van der Waals surface area contributed by atoms with E-state index >= 15 is 0 Å². The first-order valence-corrected chi connectivity index (χ1v) is 3.31. The molecule has 0 aromatic rings. The quantitative estimate of drug-likeness (QED) is 0.337. The van der Waals surface area contributed by atoms with E-state index in [0.717, 1.165) is 0 Å². The number of nitrogens with two attached hydrogens (primary N) is 1. The molecule has 0 rings (SSSR count). The smallest absolute Gasteiger partial charge is 0.241 e. The second-order valence-corrected chi connectivity index (χ2v) is 2.05. The van der Waals surface area contributed by atoms with Crippen LogP contribution in [0.3, 0.4) is 0 Å². The molecule has 12 heavy (non-hydrogen) atoms. The van der Waals surface area contributed by atoms with Gasteiger partial charge in [-0.1, -0.05) is 6.08 Å². The molecule has 0 atom stereocenters. The van der Waals surface area contributed by atoms with E-state index in [0.29, 0.717) is 12.4 Å². The van der Waals surface area contributed by atoms with E-state index in [1.54, 1.807) is 13.0 Å². The van der Waals surface area contributed by atoms with Crippen LogP contribution in [-0.2, 0) is 4.79 Å². The van der Waals surface area contributed by atoms with Crippen LogP contribution in [0.15, 0.2) is 17.6 Å². The van der Waals surface area contributed by atoms with Gasteiger partial charge < -0.3 is 11.1 Å². The second-order valence-electron chi connectivity index (χ2n) is 2.05. The summed E-state index contributed by atoms with van der Waals surface area (Å²) in [6.07, 6.45) is 1.61. The van der Waals surface area contributed by atoms with Crippen molar-refractivity contribution in [2.45, 2.75) is 6.92 Å². The Morgan fingerprint density at radius 1 is 1.75 bits per heavy atom. The molecule has 0 aromatic carbocycles. The van der Waals surface area contributed by atoms with Crippen molar-refractivity contribution < 1.29 is 4.79 Å². The van der Waals surface area contributed by atoms with Crippen molar-refractivity contribution in [1.29, 1.82) is 0 Å². The normalized spacial score (nSPS) is 9.92. The van der Waals surface area contributed by atoms with E-state index in [4.69, 9.17) is 5.73 Å². The first-order valence-electron chi connectivity index (χ1n) is 3.31. The van der Waals surface area contributed by atoms with Gasteiger partial charge in [-0.05, 0) is 6.92 Å². The number of halogens is 1. The zero-order valence-corrected chi connectivity index (χ0v) is 9.37. The molecule has 0 saturated heterocycles. The van der Waals surface area contributed by atoms with Crippen molar-refractivity contribution >= 4 is 35.7 Å². The molecule has 0 aliphatic carbocycles. The van der Waals surface area contributed by atoms with E-state index in [1.165, 1.54) is 0 Å². The van der Waals surface area contributed by atoms with Crippen LogP contribution in [0.4, 0.5) is 0 Å². The van der Waals surface area contributed by atoms with E-state index in [1.807, 2.05) is 0 Å². The topological polar surface area (TPSA) is 67.5 Å². The van der Waals surface area contributed by atoms with Gasteiger partial charge in [-0.15, -0.1) is 30.6 Å². The lowest BCUT2D eigenvalue weighted by atomic mass is 10.5. The second kappa shape index (κ2) is 8.51. The predicted molar refractivity (Wildman–Crippen MR) is 60.8 cm³/mol. The number of rotatable bonds is 4. The maximum Gasteiger partial charge on any atom is 0.241 e. The summed E-state index contributed by atoms with van der Waals surface area (Å²) in [6, 6.07) is 0. The Kier molecular flexibility index (Phi) is 9.90. The largest absolute Gasteiger partial charge is 0.388 e. The summed E-state index contributed by atoms with van der Waals surface area (Å²) in [5.41, 5.74) is 5.22. The Morgan fingerprint density at radius 3 is 2.75 bits per heavy atom. The van der Waals surface area contributed by atoms with Crippen molar-refractivity contribution in [3.8, 4) is 0 Å². The third kappa shape index (κ3) is 9.41. The summed E-state index contributed by atoms with van der Waals surface area (Å²) in [4.78, 5) is 14.5. The number of carbonyl (C=O) groups is 1. The van der Waals surface area contributed by atoms with Crippen LogP contribution in [0.5, 0.6) is 0 Å². The number of nitrogens with one attached hydrogen (secondary N) is 1. The first-order chi connectivity index (χ1) is 5.16. The summed E-state index contributed by atoms with van der Waals surface area (Å²) in [6.45, 7) is 5.66. The number of carbonyl (C=O) groups excluding carboxylic acids is 1. The highest BCUT2D eigenvalue weighted by molar-refractivity contribution is 14.0. The van der Waals surface area contributed by atoms with Gasteiger partial charge in [-0.25, -0.2) is 0 Å². The fourth-order valence-electron chi connectivity index (χ4n) is 0.438. The number of amides is 1. The number of nitrogens with zero attached hydrogens (tertiary/aromatic N) is 1. The average molecular weight is 283 g/mol. The van der Waals surface area contributed by atoms with Gasteiger partial charge in [-0.3, -0.25) is 9.79 Å².